The van der Waals surface area contributed by atoms with Gasteiger partial charge in [-0.2, -0.15) is 0 Å². The molecule has 3 heteroatoms. The van der Waals surface area contributed by atoms with Gasteiger partial charge in [0, 0.05) is 22.3 Å². The molecule has 1 heterocycles. The van der Waals surface area contributed by atoms with E-state index in [4.69, 9.17) is 0 Å². The molecule has 2 nitrogen and oxygen atoms in total. The second-order valence-electron chi connectivity index (χ2n) is 3.20. The molecule has 64 valence electrons. The fourth-order valence-electron chi connectivity index (χ4n) is 0.961. The van der Waals surface area contributed by atoms with Gasteiger partial charge in [-0.25, -0.2) is 0 Å². The predicted octanol–water partition coefficient (Wildman–Crippen LogP) is 2.32. The molecule has 0 aromatic carbocycles. The van der Waals surface area contributed by atoms with Crippen LogP contribution in [0.2, 0.25) is 0 Å². The van der Waals surface area contributed by atoms with E-state index in [1.165, 1.54) is 0 Å². The van der Waals surface area contributed by atoms with Gasteiger partial charge in [-0.3, -0.25) is 4.98 Å². The van der Waals surface area contributed by atoms with Gasteiger partial charge in [0.15, 0.2) is 0 Å². The number of rotatable bonds is 2. The second kappa shape index (κ2) is 3.35. The van der Waals surface area contributed by atoms with Crippen molar-refractivity contribution in [3.8, 4) is 0 Å². The van der Waals surface area contributed by atoms with Gasteiger partial charge in [0.25, 0.3) is 0 Å². The Morgan fingerprint density at radius 2 is 2.25 bits per heavy atom. The van der Waals surface area contributed by atoms with Crippen molar-refractivity contribution in [3.63, 3.8) is 0 Å². The van der Waals surface area contributed by atoms with Gasteiger partial charge < -0.3 is 4.79 Å². The summed E-state index contributed by atoms with van der Waals surface area (Å²) in [4.78, 5) is 14.7. The Balaban J connectivity index is 3.19. The maximum atomic E-state index is 10.7. The van der Waals surface area contributed by atoms with Gasteiger partial charge in [0.1, 0.15) is 6.29 Å². The summed E-state index contributed by atoms with van der Waals surface area (Å²) in [6.45, 7) is 3.75. The SMILES string of the molecule is CC(C)(C=O)c1ccncc1Br. The lowest BCUT2D eigenvalue weighted by Crippen LogP contribution is -2.19. The molecule has 1 aromatic rings. The van der Waals surface area contributed by atoms with Crippen LogP contribution in [0.4, 0.5) is 0 Å². The zero-order chi connectivity index (χ0) is 9.19. The third-order valence-electron chi connectivity index (χ3n) is 1.76. The highest BCUT2D eigenvalue weighted by Crippen LogP contribution is 2.27. The van der Waals surface area contributed by atoms with Gasteiger partial charge in [0.2, 0.25) is 0 Å². The summed E-state index contributed by atoms with van der Waals surface area (Å²) < 4.78 is 0.877. The largest absolute Gasteiger partial charge is 0.302 e. The zero-order valence-corrected chi connectivity index (χ0v) is 8.63. The molecular weight excluding hydrogens is 218 g/mol. The quantitative estimate of drug-likeness (QED) is 0.727. The fraction of sp³-hybridized carbons (Fsp3) is 0.333. The van der Waals surface area contributed by atoms with E-state index in [0.29, 0.717) is 0 Å². The Hall–Kier alpha value is -0.700. The molecule has 0 aliphatic carbocycles. The number of carbonyl (C=O) groups excluding carboxylic acids is 1. The Bertz CT molecular complexity index is 296. The summed E-state index contributed by atoms with van der Waals surface area (Å²) in [6.07, 6.45) is 4.32. The topological polar surface area (TPSA) is 30.0 Å². The number of hydrogen-bond acceptors (Lipinski definition) is 2. The average molecular weight is 228 g/mol. The highest BCUT2D eigenvalue weighted by Gasteiger charge is 2.21. The third-order valence-corrected chi connectivity index (χ3v) is 2.39. The number of pyridine rings is 1. The number of carbonyl (C=O) groups is 1. The molecule has 0 saturated heterocycles. The molecule has 0 spiro atoms. The summed E-state index contributed by atoms with van der Waals surface area (Å²) in [6, 6.07) is 1.85. The third kappa shape index (κ3) is 1.72. The summed E-state index contributed by atoms with van der Waals surface area (Å²) in [5.41, 5.74) is 0.523. The number of aldehydes is 1. The van der Waals surface area contributed by atoms with Gasteiger partial charge in [-0.05, 0) is 41.4 Å². The van der Waals surface area contributed by atoms with Crippen LogP contribution in [0.25, 0.3) is 0 Å². The average Bonchev–Trinajstić information content (AvgIpc) is 2.05. The minimum Gasteiger partial charge on any atom is -0.302 e. The van der Waals surface area contributed by atoms with E-state index in [2.05, 4.69) is 20.9 Å². The van der Waals surface area contributed by atoms with E-state index in [0.717, 1.165) is 16.3 Å². The van der Waals surface area contributed by atoms with Crippen LogP contribution in [0.3, 0.4) is 0 Å². The summed E-state index contributed by atoms with van der Waals surface area (Å²) in [5.74, 6) is 0. The van der Waals surface area contributed by atoms with Crippen LogP contribution in [0.5, 0.6) is 0 Å². The van der Waals surface area contributed by atoms with Crippen LogP contribution < -0.4 is 0 Å². The molecule has 1 aromatic heterocycles. The molecule has 0 unspecified atom stereocenters. The highest BCUT2D eigenvalue weighted by atomic mass is 79.9. The maximum absolute atomic E-state index is 10.7. The summed E-state index contributed by atoms with van der Waals surface area (Å²) >= 11 is 3.35. The Morgan fingerprint density at radius 3 is 2.75 bits per heavy atom. The Labute approximate surface area is 80.1 Å². The van der Waals surface area contributed by atoms with Crippen LogP contribution in [-0.4, -0.2) is 11.3 Å². The van der Waals surface area contributed by atoms with E-state index in [-0.39, 0.29) is 0 Å². The number of halogens is 1. The molecule has 0 saturated carbocycles. The standard InChI is InChI=1S/C9H10BrNO/c1-9(2,6-12)7-3-4-11-5-8(7)10/h3-6H,1-2H3. The minimum atomic E-state index is -0.443. The molecule has 0 aliphatic rings. The lowest BCUT2D eigenvalue weighted by molar-refractivity contribution is -0.111. The van der Waals surface area contributed by atoms with Crippen molar-refractivity contribution in [1.29, 1.82) is 0 Å². The number of nitrogens with zero attached hydrogens (tertiary/aromatic N) is 1. The van der Waals surface area contributed by atoms with E-state index >= 15 is 0 Å². The summed E-state index contributed by atoms with van der Waals surface area (Å²) in [7, 11) is 0. The van der Waals surface area contributed by atoms with E-state index in [1.54, 1.807) is 12.4 Å². The predicted molar refractivity (Wildman–Crippen MR) is 51.0 cm³/mol. The first kappa shape index (κ1) is 9.39. The molecule has 0 fully saturated rings. The van der Waals surface area contributed by atoms with Crippen LogP contribution in [0.1, 0.15) is 19.4 Å². The van der Waals surface area contributed by atoms with Gasteiger partial charge in [0.05, 0.1) is 0 Å². The molecule has 0 atom stereocenters. The molecule has 0 aliphatic heterocycles. The number of hydrogen-bond donors (Lipinski definition) is 0. The minimum absolute atomic E-state index is 0.443. The van der Waals surface area contributed by atoms with Crippen molar-refractivity contribution in [3.05, 3.63) is 28.5 Å². The first-order valence-corrected chi connectivity index (χ1v) is 4.43. The lowest BCUT2D eigenvalue weighted by atomic mass is 9.87. The van der Waals surface area contributed by atoms with Gasteiger partial charge in [-0.1, -0.05) is 0 Å². The Morgan fingerprint density at radius 1 is 1.58 bits per heavy atom. The van der Waals surface area contributed by atoms with Crippen LogP contribution in [0, 0.1) is 0 Å². The molecule has 0 radical (unpaired) electrons. The first-order valence-electron chi connectivity index (χ1n) is 3.64. The van der Waals surface area contributed by atoms with Crippen molar-refractivity contribution in [2.75, 3.05) is 0 Å². The fourth-order valence-corrected chi connectivity index (χ4v) is 1.72. The molecule has 1 rings (SSSR count). The van der Waals surface area contributed by atoms with Gasteiger partial charge >= 0.3 is 0 Å². The van der Waals surface area contributed by atoms with Crippen molar-refractivity contribution < 1.29 is 4.79 Å². The van der Waals surface area contributed by atoms with Crippen molar-refractivity contribution in [2.24, 2.45) is 0 Å². The zero-order valence-electron chi connectivity index (χ0n) is 7.04. The number of aromatic nitrogens is 1. The second-order valence-corrected chi connectivity index (χ2v) is 4.05. The van der Waals surface area contributed by atoms with Crippen LogP contribution >= 0.6 is 15.9 Å². The maximum Gasteiger partial charge on any atom is 0.130 e. The van der Waals surface area contributed by atoms with Crippen molar-refractivity contribution >= 4 is 22.2 Å². The highest BCUT2D eigenvalue weighted by molar-refractivity contribution is 9.10. The van der Waals surface area contributed by atoms with Crippen molar-refractivity contribution in [2.45, 2.75) is 19.3 Å². The Kier molecular flexibility index (Phi) is 2.62. The van der Waals surface area contributed by atoms with Crippen LogP contribution in [-0.2, 0) is 10.2 Å². The smallest absolute Gasteiger partial charge is 0.130 e. The summed E-state index contributed by atoms with van der Waals surface area (Å²) in [5, 5.41) is 0. The molecule has 0 bridgehead atoms. The van der Waals surface area contributed by atoms with E-state index in [1.807, 2.05) is 19.9 Å². The molecule has 0 amide bonds. The van der Waals surface area contributed by atoms with E-state index < -0.39 is 5.41 Å². The lowest BCUT2D eigenvalue weighted by Gasteiger charge is -2.18. The molecular formula is C9H10BrNO. The van der Waals surface area contributed by atoms with Gasteiger partial charge in [-0.15, -0.1) is 0 Å². The van der Waals surface area contributed by atoms with Crippen LogP contribution in [0.15, 0.2) is 22.9 Å². The van der Waals surface area contributed by atoms with E-state index in [9.17, 15) is 4.79 Å². The first-order chi connectivity index (χ1) is 5.58. The molecule has 0 N–H and O–H groups in total. The molecule has 12 heavy (non-hydrogen) atoms. The monoisotopic (exact) mass is 227 g/mol. The van der Waals surface area contributed by atoms with Crippen molar-refractivity contribution in [1.82, 2.24) is 4.98 Å². The normalized spacial score (nSPS) is 11.2.